The van der Waals surface area contributed by atoms with Crippen molar-refractivity contribution in [2.75, 3.05) is 25.0 Å². The van der Waals surface area contributed by atoms with Gasteiger partial charge in [0.1, 0.15) is 18.1 Å². The Morgan fingerprint density at radius 3 is 2.87 bits per heavy atom. The van der Waals surface area contributed by atoms with Gasteiger partial charge in [-0.1, -0.05) is 6.92 Å². The van der Waals surface area contributed by atoms with Gasteiger partial charge in [-0.15, -0.1) is 0 Å². The van der Waals surface area contributed by atoms with Crippen LogP contribution in [-0.4, -0.2) is 60.0 Å². The highest BCUT2D eigenvalue weighted by Crippen LogP contribution is 2.31. The van der Waals surface area contributed by atoms with E-state index >= 15 is 0 Å². The van der Waals surface area contributed by atoms with Gasteiger partial charge < -0.3 is 10.1 Å². The first-order chi connectivity index (χ1) is 15.1. The van der Waals surface area contributed by atoms with Crippen LogP contribution in [0, 0.1) is 6.92 Å². The van der Waals surface area contributed by atoms with Crippen molar-refractivity contribution in [3.63, 3.8) is 0 Å². The first kappa shape index (κ1) is 19.5. The lowest BCUT2D eigenvalue weighted by molar-refractivity contribution is 0.0563. The van der Waals surface area contributed by atoms with E-state index < -0.39 is 0 Å². The average Bonchev–Trinajstić information content (AvgIpc) is 3.29. The lowest BCUT2D eigenvalue weighted by Gasteiger charge is -2.39. The number of likely N-dealkylation sites (N-methyl/N-ethyl adjacent to an activating group) is 1. The maximum atomic E-state index is 6.18. The first-order valence-electron chi connectivity index (χ1n) is 10.5. The van der Waals surface area contributed by atoms with Crippen LogP contribution in [0.15, 0.2) is 43.0 Å². The molecule has 5 heterocycles. The van der Waals surface area contributed by atoms with Crippen LogP contribution in [-0.2, 0) is 7.05 Å². The maximum Gasteiger partial charge on any atom is 0.165 e. The molecule has 1 aliphatic rings. The molecule has 1 atom stereocenters. The molecule has 0 aliphatic carbocycles. The smallest absolute Gasteiger partial charge is 0.165 e. The van der Waals surface area contributed by atoms with Crippen LogP contribution in [0.25, 0.3) is 16.8 Å². The molecule has 4 aromatic rings. The number of likely N-dealkylation sites (tertiary alicyclic amines) is 1. The molecule has 1 saturated heterocycles. The van der Waals surface area contributed by atoms with Crippen molar-refractivity contribution >= 4 is 17.2 Å². The van der Waals surface area contributed by atoms with Crippen LogP contribution < -0.4 is 10.1 Å². The number of hydrogen-bond donors (Lipinski definition) is 1. The molecule has 9 nitrogen and oxygen atoms in total. The zero-order valence-electron chi connectivity index (χ0n) is 18.0. The largest absolute Gasteiger partial charge is 0.488 e. The topological polar surface area (TPSA) is 85.4 Å². The summed E-state index contributed by atoms with van der Waals surface area (Å²) >= 11 is 0. The Kier molecular flexibility index (Phi) is 5.03. The summed E-state index contributed by atoms with van der Waals surface area (Å²) in [6.45, 7) is 7.01. The lowest BCUT2D eigenvalue weighted by atomic mass is 10.0. The molecule has 31 heavy (non-hydrogen) atoms. The minimum absolute atomic E-state index is 0.494. The van der Waals surface area contributed by atoms with Gasteiger partial charge in [-0.25, -0.2) is 9.50 Å². The molecule has 160 valence electrons. The van der Waals surface area contributed by atoms with Crippen molar-refractivity contribution in [1.82, 2.24) is 34.3 Å². The van der Waals surface area contributed by atoms with Crippen molar-refractivity contribution in [1.29, 1.82) is 0 Å². The summed E-state index contributed by atoms with van der Waals surface area (Å²) in [7, 11) is 1.94. The van der Waals surface area contributed by atoms with Crippen LogP contribution in [0.5, 0.6) is 5.75 Å². The van der Waals surface area contributed by atoms with Gasteiger partial charge in [0.15, 0.2) is 11.6 Å². The number of ether oxygens (including phenoxy) is 1. The molecule has 0 aromatic carbocycles. The van der Waals surface area contributed by atoms with Crippen LogP contribution in [0.3, 0.4) is 0 Å². The monoisotopic (exact) mass is 418 g/mol. The van der Waals surface area contributed by atoms with Crippen molar-refractivity contribution in [3.8, 4) is 17.0 Å². The molecule has 0 saturated carbocycles. The second-order valence-corrected chi connectivity index (χ2v) is 7.85. The third-order valence-corrected chi connectivity index (χ3v) is 5.76. The van der Waals surface area contributed by atoms with E-state index in [1.54, 1.807) is 18.6 Å². The molecule has 5 rings (SSSR count). The van der Waals surface area contributed by atoms with Gasteiger partial charge in [0.2, 0.25) is 0 Å². The zero-order chi connectivity index (χ0) is 21.4. The van der Waals surface area contributed by atoms with E-state index in [0.717, 1.165) is 41.3 Å². The van der Waals surface area contributed by atoms with Gasteiger partial charge >= 0.3 is 0 Å². The van der Waals surface area contributed by atoms with E-state index in [0.29, 0.717) is 24.3 Å². The molecule has 0 spiro atoms. The van der Waals surface area contributed by atoms with Crippen molar-refractivity contribution < 1.29 is 4.74 Å². The molecule has 0 bridgehead atoms. The van der Waals surface area contributed by atoms with Crippen molar-refractivity contribution in [3.05, 3.63) is 48.7 Å². The number of aromatic nitrogens is 6. The Morgan fingerprint density at radius 2 is 2.10 bits per heavy atom. The molecular formula is C22H26N8O. The summed E-state index contributed by atoms with van der Waals surface area (Å²) in [6, 6.07) is 6.60. The number of fused-ring (bicyclic) bond motifs is 1. The number of anilines is 2. The van der Waals surface area contributed by atoms with Crippen LogP contribution in [0.1, 0.15) is 19.0 Å². The Bertz CT molecular complexity index is 1210. The number of nitrogens with one attached hydrogen (secondary N) is 1. The molecule has 4 aromatic heterocycles. The van der Waals surface area contributed by atoms with E-state index in [4.69, 9.17) is 4.74 Å². The fraction of sp³-hybridized carbons (Fsp3) is 0.364. The van der Waals surface area contributed by atoms with Gasteiger partial charge in [-0.2, -0.15) is 10.2 Å². The van der Waals surface area contributed by atoms with Gasteiger partial charge in [-0.05, 0) is 32.0 Å². The van der Waals surface area contributed by atoms with E-state index in [1.165, 1.54) is 6.42 Å². The predicted octanol–water partition coefficient (Wildman–Crippen LogP) is 3.05. The number of aryl methyl sites for hydroxylation is 2. The summed E-state index contributed by atoms with van der Waals surface area (Å²) in [4.78, 5) is 11.0. The van der Waals surface area contributed by atoms with E-state index in [1.807, 2.05) is 41.5 Å². The van der Waals surface area contributed by atoms with E-state index in [-0.39, 0.29) is 0 Å². The van der Waals surface area contributed by atoms with Gasteiger partial charge in [0.05, 0.1) is 23.6 Å². The highest BCUT2D eigenvalue weighted by Gasteiger charge is 2.27. The first-order valence-corrected chi connectivity index (χ1v) is 10.5. The Balaban J connectivity index is 1.38. The SMILES string of the molecule is CCN1CC[C@@H]1COc1cnn(C)c1-c1ccn2nc(Nc3cncc(C)n3)cc2c1. The van der Waals surface area contributed by atoms with E-state index in [2.05, 4.69) is 43.4 Å². The molecule has 0 unspecified atom stereocenters. The Labute approximate surface area is 180 Å². The zero-order valence-corrected chi connectivity index (χ0v) is 18.0. The van der Waals surface area contributed by atoms with Gasteiger partial charge in [-0.3, -0.25) is 14.6 Å². The highest BCUT2D eigenvalue weighted by atomic mass is 16.5. The fourth-order valence-electron chi connectivity index (χ4n) is 4.00. The minimum Gasteiger partial charge on any atom is -0.488 e. The van der Waals surface area contributed by atoms with Crippen LogP contribution >= 0.6 is 0 Å². The van der Waals surface area contributed by atoms with E-state index in [9.17, 15) is 0 Å². The fourth-order valence-corrected chi connectivity index (χ4v) is 4.00. The van der Waals surface area contributed by atoms with Crippen LogP contribution in [0.2, 0.25) is 0 Å². The Hall–Kier alpha value is -3.46. The summed E-state index contributed by atoms with van der Waals surface area (Å²) < 4.78 is 9.87. The molecule has 9 heteroatoms. The summed E-state index contributed by atoms with van der Waals surface area (Å²) in [5.74, 6) is 2.19. The van der Waals surface area contributed by atoms with Crippen LogP contribution in [0.4, 0.5) is 11.6 Å². The van der Waals surface area contributed by atoms with Crippen molar-refractivity contribution in [2.45, 2.75) is 26.3 Å². The maximum absolute atomic E-state index is 6.18. The molecule has 0 amide bonds. The molecular weight excluding hydrogens is 392 g/mol. The average molecular weight is 419 g/mol. The normalized spacial score (nSPS) is 16.4. The molecule has 1 N–H and O–H groups in total. The summed E-state index contributed by atoms with van der Waals surface area (Å²) in [6.07, 6.45) is 8.34. The number of rotatable bonds is 7. The predicted molar refractivity (Wildman–Crippen MR) is 119 cm³/mol. The Morgan fingerprint density at radius 1 is 1.19 bits per heavy atom. The second-order valence-electron chi connectivity index (χ2n) is 7.85. The van der Waals surface area contributed by atoms with Crippen molar-refractivity contribution in [2.24, 2.45) is 7.05 Å². The number of hydrogen-bond acceptors (Lipinski definition) is 7. The highest BCUT2D eigenvalue weighted by molar-refractivity contribution is 5.72. The lowest BCUT2D eigenvalue weighted by Crippen LogP contribution is -2.50. The molecule has 1 fully saturated rings. The quantitative estimate of drug-likeness (QED) is 0.494. The summed E-state index contributed by atoms with van der Waals surface area (Å²) in [5.41, 5.74) is 3.81. The number of pyridine rings is 1. The molecule has 0 radical (unpaired) electrons. The van der Waals surface area contributed by atoms with Gasteiger partial charge in [0.25, 0.3) is 0 Å². The van der Waals surface area contributed by atoms with Gasteiger partial charge in [0, 0.05) is 43.7 Å². The summed E-state index contributed by atoms with van der Waals surface area (Å²) in [5, 5.41) is 12.2. The minimum atomic E-state index is 0.494. The molecule has 1 aliphatic heterocycles. The third kappa shape index (κ3) is 3.84. The standard InChI is InChI=1S/C22H26N8O/c1-4-29-7-6-17(29)14-31-19-12-24-28(3)22(19)16-5-8-30-18(9-16)10-20(27-30)26-21-13-23-11-15(2)25-21/h5,8-13,17H,4,6-7,14H2,1-3H3,(H,25,26,27)/t17-/m1/s1. The third-order valence-electron chi connectivity index (χ3n) is 5.76. The number of nitrogens with zero attached hydrogens (tertiary/aromatic N) is 7. The second kappa shape index (κ2) is 7.99.